The van der Waals surface area contributed by atoms with Gasteiger partial charge < -0.3 is 24.3 Å². The van der Waals surface area contributed by atoms with Gasteiger partial charge in [0.05, 0.1) is 32.0 Å². The van der Waals surface area contributed by atoms with Crippen LogP contribution in [0.3, 0.4) is 0 Å². The zero-order valence-electron chi connectivity index (χ0n) is 17.2. The average molecular weight is 362 g/mol. The lowest BCUT2D eigenvalue weighted by atomic mass is 10.0. The smallest absolute Gasteiger partial charge is 0.246 e. The van der Waals surface area contributed by atoms with Crippen molar-refractivity contribution in [1.29, 1.82) is 0 Å². The molecule has 0 radical (unpaired) electrons. The summed E-state index contributed by atoms with van der Waals surface area (Å²) in [4.78, 5) is 12.3. The van der Waals surface area contributed by atoms with Crippen LogP contribution in [0.25, 0.3) is 0 Å². The van der Waals surface area contributed by atoms with E-state index in [2.05, 4.69) is 26.1 Å². The van der Waals surface area contributed by atoms with E-state index in [-0.39, 0.29) is 24.7 Å². The van der Waals surface area contributed by atoms with Gasteiger partial charge in [-0.2, -0.15) is 0 Å². The molecule has 0 aliphatic rings. The SMILES string of the molecule is CCC(C)OCC(COC)(COC(C)C)NC(=O)COCCC(C)C. The third kappa shape index (κ3) is 12.3. The van der Waals surface area contributed by atoms with E-state index in [4.69, 9.17) is 18.9 Å². The van der Waals surface area contributed by atoms with E-state index >= 15 is 0 Å². The highest BCUT2D eigenvalue weighted by molar-refractivity contribution is 5.78. The van der Waals surface area contributed by atoms with E-state index in [0.29, 0.717) is 32.3 Å². The van der Waals surface area contributed by atoms with Crippen molar-refractivity contribution in [3.8, 4) is 0 Å². The van der Waals surface area contributed by atoms with E-state index in [1.807, 2.05) is 20.8 Å². The number of carbonyl (C=O) groups is 1. The van der Waals surface area contributed by atoms with Crippen LogP contribution in [-0.4, -0.2) is 63.8 Å². The number of rotatable bonds is 15. The zero-order valence-corrected chi connectivity index (χ0v) is 17.2. The Morgan fingerprint density at radius 1 is 1.04 bits per heavy atom. The zero-order chi connectivity index (χ0) is 19.3. The first kappa shape index (κ1) is 24.3. The Kier molecular flexibility index (Phi) is 13.1. The molecule has 1 amide bonds. The number of methoxy groups -OCH3 is 1. The fourth-order valence-corrected chi connectivity index (χ4v) is 2.07. The number of amides is 1. The molecule has 2 atom stereocenters. The molecule has 1 N–H and O–H groups in total. The number of carbonyl (C=O) groups excluding carboxylic acids is 1. The van der Waals surface area contributed by atoms with Gasteiger partial charge >= 0.3 is 0 Å². The van der Waals surface area contributed by atoms with Gasteiger partial charge in [0.1, 0.15) is 12.1 Å². The lowest BCUT2D eigenvalue weighted by molar-refractivity contribution is -0.133. The minimum Gasteiger partial charge on any atom is -0.382 e. The van der Waals surface area contributed by atoms with Crippen molar-refractivity contribution in [2.24, 2.45) is 5.92 Å². The third-order valence-electron chi connectivity index (χ3n) is 3.81. The molecule has 0 heterocycles. The van der Waals surface area contributed by atoms with Gasteiger partial charge in [-0.3, -0.25) is 4.79 Å². The molecule has 0 aliphatic heterocycles. The van der Waals surface area contributed by atoms with Crippen LogP contribution < -0.4 is 5.32 Å². The molecule has 6 nitrogen and oxygen atoms in total. The molecule has 0 aromatic rings. The van der Waals surface area contributed by atoms with Gasteiger partial charge in [-0.15, -0.1) is 0 Å². The first-order valence-electron chi connectivity index (χ1n) is 9.35. The fourth-order valence-electron chi connectivity index (χ4n) is 2.07. The molecule has 0 bridgehead atoms. The van der Waals surface area contributed by atoms with Gasteiger partial charge in [0.25, 0.3) is 0 Å². The molecule has 0 spiro atoms. The van der Waals surface area contributed by atoms with Crippen molar-refractivity contribution >= 4 is 5.91 Å². The molecule has 0 saturated carbocycles. The van der Waals surface area contributed by atoms with E-state index in [1.54, 1.807) is 7.11 Å². The van der Waals surface area contributed by atoms with Crippen LogP contribution in [0.15, 0.2) is 0 Å². The monoisotopic (exact) mass is 361 g/mol. The van der Waals surface area contributed by atoms with E-state index in [9.17, 15) is 4.79 Å². The molecular weight excluding hydrogens is 322 g/mol. The summed E-state index contributed by atoms with van der Waals surface area (Å²) in [6, 6.07) is 0. The Hall–Kier alpha value is -0.690. The highest BCUT2D eigenvalue weighted by Crippen LogP contribution is 2.12. The highest BCUT2D eigenvalue weighted by Gasteiger charge is 2.34. The average Bonchev–Trinajstić information content (AvgIpc) is 2.54. The second kappa shape index (κ2) is 13.5. The van der Waals surface area contributed by atoms with Crippen LogP contribution in [0.2, 0.25) is 0 Å². The molecule has 150 valence electrons. The Morgan fingerprint density at radius 2 is 1.68 bits per heavy atom. The lowest BCUT2D eigenvalue weighted by Gasteiger charge is -2.35. The van der Waals surface area contributed by atoms with E-state index in [0.717, 1.165) is 12.8 Å². The van der Waals surface area contributed by atoms with Gasteiger partial charge in [-0.05, 0) is 39.5 Å². The molecule has 0 fully saturated rings. The first-order chi connectivity index (χ1) is 11.7. The maximum absolute atomic E-state index is 12.3. The third-order valence-corrected chi connectivity index (χ3v) is 3.81. The summed E-state index contributed by atoms with van der Waals surface area (Å²) in [5.41, 5.74) is -0.721. The van der Waals surface area contributed by atoms with Crippen LogP contribution in [0, 0.1) is 5.92 Å². The second-order valence-electron chi connectivity index (χ2n) is 7.39. The van der Waals surface area contributed by atoms with Crippen LogP contribution >= 0.6 is 0 Å². The minimum atomic E-state index is -0.721. The van der Waals surface area contributed by atoms with Crippen LogP contribution in [0.1, 0.15) is 54.4 Å². The molecule has 6 heteroatoms. The molecule has 0 aromatic heterocycles. The van der Waals surface area contributed by atoms with Crippen molar-refractivity contribution in [1.82, 2.24) is 5.32 Å². The maximum atomic E-state index is 12.3. The topological polar surface area (TPSA) is 66.0 Å². The molecular formula is C19H39NO5. The quantitative estimate of drug-likeness (QED) is 0.454. The summed E-state index contributed by atoms with van der Waals surface area (Å²) >= 11 is 0. The largest absolute Gasteiger partial charge is 0.382 e. The van der Waals surface area contributed by atoms with E-state index in [1.165, 1.54) is 0 Å². The van der Waals surface area contributed by atoms with Crippen LogP contribution in [-0.2, 0) is 23.7 Å². The molecule has 0 aromatic carbocycles. The van der Waals surface area contributed by atoms with Crippen molar-refractivity contribution < 1.29 is 23.7 Å². The summed E-state index contributed by atoms with van der Waals surface area (Å²) in [6.07, 6.45) is 2.00. The lowest BCUT2D eigenvalue weighted by Crippen LogP contribution is -2.59. The minimum absolute atomic E-state index is 0.0309. The summed E-state index contributed by atoms with van der Waals surface area (Å²) in [5.74, 6) is 0.375. The van der Waals surface area contributed by atoms with Crippen molar-refractivity contribution in [2.45, 2.75) is 72.1 Å². The first-order valence-corrected chi connectivity index (χ1v) is 9.35. The highest BCUT2D eigenvalue weighted by atomic mass is 16.5. The van der Waals surface area contributed by atoms with Gasteiger partial charge in [0, 0.05) is 13.7 Å². The Morgan fingerprint density at radius 3 is 2.20 bits per heavy atom. The molecule has 2 unspecified atom stereocenters. The predicted octanol–water partition coefficient (Wildman–Crippen LogP) is 2.79. The number of nitrogens with one attached hydrogen (secondary N) is 1. The van der Waals surface area contributed by atoms with Gasteiger partial charge in [-0.25, -0.2) is 0 Å². The van der Waals surface area contributed by atoms with Crippen molar-refractivity contribution in [3.63, 3.8) is 0 Å². The molecule has 25 heavy (non-hydrogen) atoms. The van der Waals surface area contributed by atoms with Gasteiger partial charge in [0.2, 0.25) is 5.91 Å². The molecule has 0 aliphatic carbocycles. The summed E-state index contributed by atoms with van der Waals surface area (Å²) in [6.45, 7) is 13.8. The summed E-state index contributed by atoms with van der Waals surface area (Å²) in [5, 5.41) is 3.02. The number of hydrogen-bond acceptors (Lipinski definition) is 5. The number of ether oxygens (including phenoxy) is 4. The maximum Gasteiger partial charge on any atom is 0.246 e. The summed E-state index contributed by atoms with van der Waals surface area (Å²) in [7, 11) is 1.61. The standard InChI is InChI=1S/C19H39NO5/c1-8-17(6)25-14-19(12-22-7,13-24-16(4)5)20-18(21)11-23-10-9-15(2)3/h15-17H,8-14H2,1-7H3,(H,20,21). The molecule has 0 rings (SSSR count). The van der Waals surface area contributed by atoms with E-state index < -0.39 is 5.54 Å². The van der Waals surface area contributed by atoms with Gasteiger partial charge in [0.15, 0.2) is 0 Å². The van der Waals surface area contributed by atoms with Crippen LogP contribution in [0.4, 0.5) is 0 Å². The van der Waals surface area contributed by atoms with Crippen LogP contribution in [0.5, 0.6) is 0 Å². The van der Waals surface area contributed by atoms with Crippen molar-refractivity contribution in [2.75, 3.05) is 40.1 Å². The predicted molar refractivity (Wildman–Crippen MR) is 99.8 cm³/mol. The Labute approximate surface area is 153 Å². The number of hydrogen-bond donors (Lipinski definition) is 1. The summed E-state index contributed by atoms with van der Waals surface area (Å²) < 4.78 is 22.5. The fraction of sp³-hybridized carbons (Fsp3) is 0.947. The van der Waals surface area contributed by atoms with Gasteiger partial charge in [-0.1, -0.05) is 20.8 Å². The second-order valence-corrected chi connectivity index (χ2v) is 7.39. The van der Waals surface area contributed by atoms with Crippen molar-refractivity contribution in [3.05, 3.63) is 0 Å². The normalized spacial score (nSPS) is 15.4. The Bertz CT molecular complexity index is 349. The Balaban J connectivity index is 4.77. The molecule has 0 saturated heterocycles.